The second-order valence-corrected chi connectivity index (χ2v) is 8.47. The Morgan fingerprint density at radius 3 is 2.76 bits per heavy atom. The molecule has 1 fully saturated rings. The van der Waals surface area contributed by atoms with Crippen LogP contribution in [0, 0.1) is 0 Å². The molecule has 0 bridgehead atoms. The fraction of sp³-hybridized carbons (Fsp3) is 0.286. The summed E-state index contributed by atoms with van der Waals surface area (Å²) >= 11 is 9.74. The van der Waals surface area contributed by atoms with Crippen molar-refractivity contribution in [3.8, 4) is 22.8 Å². The predicted molar refractivity (Wildman–Crippen MR) is 115 cm³/mol. The number of benzene rings is 2. The Morgan fingerprint density at radius 1 is 1.28 bits per heavy atom. The van der Waals surface area contributed by atoms with Gasteiger partial charge in [0.25, 0.3) is 0 Å². The third-order valence-corrected chi connectivity index (χ3v) is 6.89. The van der Waals surface area contributed by atoms with E-state index in [1.165, 1.54) is 6.07 Å². The maximum Gasteiger partial charge on any atom is 0.197 e. The van der Waals surface area contributed by atoms with Gasteiger partial charge in [0.1, 0.15) is 28.2 Å². The van der Waals surface area contributed by atoms with E-state index in [1.54, 1.807) is 18.2 Å². The number of rotatable bonds is 3. The van der Waals surface area contributed by atoms with Crippen LogP contribution >= 0.6 is 27.5 Å². The van der Waals surface area contributed by atoms with Gasteiger partial charge in [0.2, 0.25) is 0 Å². The van der Waals surface area contributed by atoms with Crippen LogP contribution in [0.25, 0.3) is 22.3 Å². The summed E-state index contributed by atoms with van der Waals surface area (Å²) in [5.41, 5.74) is 0.588. The summed E-state index contributed by atoms with van der Waals surface area (Å²) in [6.45, 7) is 0.615. The first-order valence-corrected chi connectivity index (χ1v) is 10.3. The lowest BCUT2D eigenvalue weighted by molar-refractivity contribution is 0.172. The maximum absolute atomic E-state index is 12.9. The van der Waals surface area contributed by atoms with Crippen LogP contribution in [0.15, 0.2) is 44.0 Å². The Morgan fingerprint density at radius 2 is 2.03 bits per heavy atom. The molecule has 0 saturated carbocycles. The minimum atomic E-state index is -0.442. The summed E-state index contributed by atoms with van der Waals surface area (Å²) in [7, 11) is 1.89. The smallest absolute Gasteiger partial charge is 0.197 e. The molecule has 1 aliphatic rings. The highest BCUT2D eigenvalue weighted by Crippen LogP contribution is 2.44. The third-order valence-electron chi connectivity index (χ3n) is 5.60. The molecule has 29 heavy (non-hydrogen) atoms. The maximum atomic E-state index is 12.9. The molecule has 1 aliphatic heterocycles. The summed E-state index contributed by atoms with van der Waals surface area (Å²) < 4.78 is 6.72. The lowest BCUT2D eigenvalue weighted by Gasteiger charge is -2.24. The van der Waals surface area contributed by atoms with Crippen molar-refractivity contribution < 1.29 is 19.7 Å². The number of likely N-dealkylation sites (N-methyl/N-ethyl adjacent to an activating group) is 1. The highest BCUT2D eigenvalue weighted by Gasteiger charge is 2.36. The summed E-state index contributed by atoms with van der Waals surface area (Å²) in [6, 6.07) is 7.46. The Balaban J connectivity index is 2.03. The van der Waals surface area contributed by atoms with Crippen LogP contribution < -0.4 is 5.43 Å². The molecule has 2 atom stereocenters. The van der Waals surface area contributed by atoms with Gasteiger partial charge in [-0.1, -0.05) is 17.7 Å². The van der Waals surface area contributed by atoms with Crippen LogP contribution in [-0.2, 0) is 0 Å². The van der Waals surface area contributed by atoms with Gasteiger partial charge in [0.15, 0.2) is 5.43 Å². The van der Waals surface area contributed by atoms with Crippen molar-refractivity contribution in [3.05, 3.63) is 55.6 Å². The zero-order valence-electron chi connectivity index (χ0n) is 15.5. The van der Waals surface area contributed by atoms with Gasteiger partial charge in [-0.15, -0.1) is 0 Å². The first-order valence-electron chi connectivity index (χ1n) is 9.11. The van der Waals surface area contributed by atoms with Crippen LogP contribution in [0.5, 0.6) is 11.5 Å². The van der Waals surface area contributed by atoms with Gasteiger partial charge in [0.05, 0.1) is 11.6 Å². The Labute approximate surface area is 180 Å². The molecule has 2 aromatic carbocycles. The number of aromatic hydroxyl groups is 2. The van der Waals surface area contributed by atoms with Gasteiger partial charge >= 0.3 is 0 Å². The van der Waals surface area contributed by atoms with Crippen molar-refractivity contribution in [1.29, 1.82) is 0 Å². The molecule has 8 heteroatoms. The number of phenols is 2. The van der Waals surface area contributed by atoms with Gasteiger partial charge in [-0.2, -0.15) is 0 Å². The number of hydrogen-bond acceptors (Lipinski definition) is 6. The van der Waals surface area contributed by atoms with Crippen molar-refractivity contribution >= 4 is 38.5 Å². The van der Waals surface area contributed by atoms with E-state index in [4.69, 9.17) is 16.0 Å². The van der Waals surface area contributed by atoms with E-state index in [1.807, 2.05) is 11.9 Å². The van der Waals surface area contributed by atoms with Crippen molar-refractivity contribution in [1.82, 2.24) is 4.90 Å². The molecule has 2 heterocycles. The second-order valence-electron chi connectivity index (χ2n) is 7.23. The number of hydrogen-bond donors (Lipinski definition) is 3. The standard InChI is InChI=1S/C21H19BrClNO5/c1-24-6-5-10(13(24)9-25)18-14(26)7-15(27)19-16(28)8-17(29-21(18)19)11-3-2-4-12(22)20(11)23/h2-4,7-8,10,13,25-27H,5-6,9H2,1H3/t10-,13+/m0/s1. The average molecular weight is 481 g/mol. The molecule has 0 radical (unpaired) electrons. The Kier molecular flexibility index (Phi) is 5.33. The molecule has 152 valence electrons. The van der Waals surface area contributed by atoms with Gasteiger partial charge in [-0.25, -0.2) is 0 Å². The highest BCUT2D eigenvalue weighted by molar-refractivity contribution is 9.10. The zero-order valence-corrected chi connectivity index (χ0v) is 17.9. The molecule has 0 unspecified atom stereocenters. The second kappa shape index (κ2) is 7.65. The topological polar surface area (TPSA) is 94.1 Å². The van der Waals surface area contributed by atoms with Gasteiger partial charge < -0.3 is 24.6 Å². The summed E-state index contributed by atoms with van der Waals surface area (Å²) in [5.74, 6) is -0.556. The van der Waals surface area contributed by atoms with Crippen LogP contribution in [0.3, 0.4) is 0 Å². The predicted octanol–water partition coefficient (Wildman–Crippen LogP) is 4.07. The molecule has 3 N–H and O–H groups in total. The monoisotopic (exact) mass is 479 g/mol. The van der Waals surface area contributed by atoms with Gasteiger partial charge in [0, 0.05) is 39.7 Å². The lowest BCUT2D eigenvalue weighted by Crippen LogP contribution is -2.32. The minimum absolute atomic E-state index is 0.00101. The van der Waals surface area contributed by atoms with Crippen molar-refractivity contribution in [2.24, 2.45) is 0 Å². The normalized spacial score (nSPS) is 19.9. The van der Waals surface area contributed by atoms with Gasteiger partial charge in [-0.05, 0) is 48.1 Å². The molecule has 0 spiro atoms. The lowest BCUT2D eigenvalue weighted by atomic mass is 9.89. The number of aliphatic hydroxyl groups excluding tert-OH is 1. The number of nitrogens with zero attached hydrogens (tertiary/aromatic N) is 1. The largest absolute Gasteiger partial charge is 0.507 e. The molecular formula is C21H19BrClNO5. The number of fused-ring (bicyclic) bond motifs is 1. The van der Waals surface area contributed by atoms with E-state index < -0.39 is 5.43 Å². The molecule has 1 saturated heterocycles. The molecular weight excluding hydrogens is 462 g/mol. The van der Waals surface area contributed by atoms with E-state index in [0.29, 0.717) is 27.0 Å². The van der Waals surface area contributed by atoms with E-state index in [9.17, 15) is 20.1 Å². The van der Waals surface area contributed by atoms with Crippen LogP contribution in [0.2, 0.25) is 5.02 Å². The quantitative estimate of drug-likeness (QED) is 0.523. The van der Waals surface area contributed by atoms with Gasteiger partial charge in [-0.3, -0.25) is 4.79 Å². The summed E-state index contributed by atoms with van der Waals surface area (Å²) in [6.07, 6.45) is 0.667. The number of likely N-dealkylation sites (tertiary alicyclic amines) is 1. The van der Waals surface area contributed by atoms with Crippen LogP contribution in [0.1, 0.15) is 17.9 Å². The molecule has 0 amide bonds. The molecule has 3 aromatic rings. The summed E-state index contributed by atoms with van der Waals surface area (Å²) in [4.78, 5) is 14.9. The molecule has 4 rings (SSSR count). The first-order chi connectivity index (χ1) is 13.8. The van der Waals surface area contributed by atoms with E-state index in [-0.39, 0.29) is 46.8 Å². The third kappa shape index (κ3) is 3.32. The summed E-state index contributed by atoms with van der Waals surface area (Å²) in [5, 5.41) is 31.2. The van der Waals surface area contributed by atoms with E-state index in [0.717, 1.165) is 12.6 Å². The fourth-order valence-electron chi connectivity index (χ4n) is 4.12. The van der Waals surface area contributed by atoms with Crippen molar-refractivity contribution in [2.75, 3.05) is 20.2 Å². The van der Waals surface area contributed by atoms with Crippen molar-refractivity contribution in [2.45, 2.75) is 18.4 Å². The van der Waals surface area contributed by atoms with Crippen LogP contribution in [-0.4, -0.2) is 46.5 Å². The fourth-order valence-corrected chi connectivity index (χ4v) is 4.70. The highest BCUT2D eigenvalue weighted by atomic mass is 79.9. The Hall–Kier alpha value is -2.06. The van der Waals surface area contributed by atoms with E-state index in [2.05, 4.69) is 15.9 Å². The number of aliphatic hydroxyl groups is 1. The molecule has 6 nitrogen and oxygen atoms in total. The number of halogens is 2. The number of phenolic OH excluding ortho intramolecular Hbond substituents is 2. The average Bonchev–Trinajstić information content (AvgIpc) is 3.03. The zero-order chi connectivity index (χ0) is 20.9. The molecule has 1 aromatic heterocycles. The molecule has 0 aliphatic carbocycles. The van der Waals surface area contributed by atoms with Crippen molar-refractivity contribution in [3.63, 3.8) is 0 Å². The minimum Gasteiger partial charge on any atom is -0.507 e. The SMILES string of the molecule is CN1CC[C@H](c2c(O)cc(O)c3c(=O)cc(-c4cccc(Br)c4Cl)oc23)[C@H]1CO. The Bertz CT molecular complexity index is 1160. The van der Waals surface area contributed by atoms with Crippen LogP contribution in [0.4, 0.5) is 0 Å². The van der Waals surface area contributed by atoms with E-state index >= 15 is 0 Å². The first kappa shape index (κ1) is 20.2.